The maximum Gasteiger partial charge on any atom is 0.135 e. The first-order chi connectivity index (χ1) is 26.1. The Bertz CT molecular complexity index is 3150. The average Bonchev–Trinajstić information content (AvgIpc) is 3.93. The quantitative estimate of drug-likeness (QED) is 0.171. The standard InChI is InChI=1S/C50H32O2S/c1-29-19-24-43(51-29)49-38-15-7-3-11-34(38)47(35-12-4-8-16-39(35)49)31-22-26-45-42(27-31)33-23-21-32(28-46(33)53-45)48-36-13-5-9-17-40(36)50(44-25-20-30(2)52-44)41-18-10-6-14-37(41)48/h3-28H,1-2H3. The molecule has 0 amide bonds. The minimum atomic E-state index is 0.905. The Morgan fingerprint density at radius 2 is 0.717 bits per heavy atom. The molecule has 2 nitrogen and oxygen atoms in total. The Hall–Kier alpha value is -6.42. The van der Waals surface area contributed by atoms with Gasteiger partial charge in [0.2, 0.25) is 0 Å². The van der Waals surface area contributed by atoms with Crippen molar-refractivity contribution in [2.45, 2.75) is 13.8 Å². The number of furan rings is 2. The highest BCUT2D eigenvalue weighted by Gasteiger charge is 2.21. The van der Waals surface area contributed by atoms with Crippen molar-refractivity contribution in [2.24, 2.45) is 0 Å². The number of aryl methyl sites for hydroxylation is 2. The van der Waals surface area contributed by atoms with Crippen LogP contribution < -0.4 is 0 Å². The van der Waals surface area contributed by atoms with Gasteiger partial charge in [0.25, 0.3) is 0 Å². The van der Waals surface area contributed by atoms with Gasteiger partial charge in [-0.25, -0.2) is 0 Å². The zero-order chi connectivity index (χ0) is 35.2. The fourth-order valence-electron chi connectivity index (χ4n) is 8.64. The highest BCUT2D eigenvalue weighted by molar-refractivity contribution is 7.25. The molecule has 0 aliphatic rings. The van der Waals surface area contributed by atoms with Gasteiger partial charge in [0.15, 0.2) is 0 Å². The summed E-state index contributed by atoms with van der Waals surface area (Å²) in [5, 5.41) is 12.3. The molecule has 8 aromatic carbocycles. The normalized spacial score (nSPS) is 12.0. The number of thiophene rings is 1. The van der Waals surface area contributed by atoms with E-state index in [0.29, 0.717) is 0 Å². The molecule has 11 aromatic rings. The van der Waals surface area contributed by atoms with Crippen molar-refractivity contribution in [1.82, 2.24) is 0 Å². The molecule has 0 aliphatic carbocycles. The summed E-state index contributed by atoms with van der Waals surface area (Å²) in [5.74, 6) is 3.64. The maximum absolute atomic E-state index is 6.24. The van der Waals surface area contributed by atoms with Crippen LogP contribution in [0.3, 0.4) is 0 Å². The van der Waals surface area contributed by atoms with E-state index < -0.39 is 0 Å². The van der Waals surface area contributed by atoms with Crippen molar-refractivity contribution in [3.05, 3.63) is 169 Å². The zero-order valence-corrected chi connectivity index (χ0v) is 30.1. The van der Waals surface area contributed by atoms with Gasteiger partial charge in [-0.3, -0.25) is 0 Å². The molecule has 0 unspecified atom stereocenters. The highest BCUT2D eigenvalue weighted by atomic mass is 32.1. The first kappa shape index (κ1) is 30.2. The molecule has 250 valence electrons. The molecule has 0 bridgehead atoms. The van der Waals surface area contributed by atoms with E-state index in [9.17, 15) is 0 Å². The first-order valence-corrected chi connectivity index (χ1v) is 18.9. The van der Waals surface area contributed by atoms with Crippen LogP contribution in [-0.2, 0) is 0 Å². The lowest BCUT2D eigenvalue weighted by molar-refractivity contribution is 0.549. The third kappa shape index (κ3) is 4.57. The van der Waals surface area contributed by atoms with Gasteiger partial charge in [0.05, 0.1) is 0 Å². The molecule has 53 heavy (non-hydrogen) atoms. The molecule has 0 spiro atoms. The van der Waals surface area contributed by atoms with Crippen LogP contribution in [0, 0.1) is 13.8 Å². The van der Waals surface area contributed by atoms with Crippen LogP contribution in [0.2, 0.25) is 0 Å². The third-order valence-corrected chi connectivity index (χ3v) is 12.0. The fraction of sp³-hybridized carbons (Fsp3) is 0.0400. The Kier molecular flexibility index (Phi) is 6.58. The van der Waals surface area contributed by atoms with E-state index in [-0.39, 0.29) is 0 Å². The van der Waals surface area contributed by atoms with Crippen molar-refractivity contribution < 1.29 is 8.83 Å². The molecule has 0 aliphatic heterocycles. The smallest absolute Gasteiger partial charge is 0.135 e. The third-order valence-electron chi connectivity index (χ3n) is 10.9. The van der Waals surface area contributed by atoms with Gasteiger partial charge >= 0.3 is 0 Å². The van der Waals surface area contributed by atoms with E-state index in [0.717, 1.165) is 34.2 Å². The van der Waals surface area contributed by atoms with Crippen LogP contribution in [0.5, 0.6) is 0 Å². The van der Waals surface area contributed by atoms with Crippen LogP contribution in [0.1, 0.15) is 11.5 Å². The summed E-state index contributed by atoms with van der Waals surface area (Å²) in [4.78, 5) is 0. The number of rotatable bonds is 4. The molecule has 3 heteroatoms. The van der Waals surface area contributed by atoms with Crippen LogP contribution in [0.15, 0.2) is 167 Å². The molecule has 0 fully saturated rings. The Morgan fingerprint density at radius 1 is 0.321 bits per heavy atom. The zero-order valence-electron chi connectivity index (χ0n) is 29.2. The van der Waals surface area contributed by atoms with Gasteiger partial charge < -0.3 is 8.83 Å². The molecule has 11 rings (SSSR count). The molecule has 0 N–H and O–H groups in total. The van der Waals surface area contributed by atoms with Crippen molar-refractivity contribution in [3.8, 4) is 44.9 Å². The van der Waals surface area contributed by atoms with Gasteiger partial charge in [-0.15, -0.1) is 11.3 Å². The monoisotopic (exact) mass is 696 g/mol. The number of hydrogen-bond acceptors (Lipinski definition) is 3. The van der Waals surface area contributed by atoms with Crippen molar-refractivity contribution in [1.29, 1.82) is 0 Å². The summed E-state index contributed by atoms with van der Waals surface area (Å²) in [7, 11) is 0. The molecule has 3 aromatic heterocycles. The average molecular weight is 697 g/mol. The van der Waals surface area contributed by atoms with Gasteiger partial charge in [-0.1, -0.05) is 115 Å². The second kappa shape index (κ2) is 11.5. The molecule has 3 heterocycles. The number of fused-ring (bicyclic) bond motifs is 7. The van der Waals surface area contributed by atoms with Crippen LogP contribution in [0.25, 0.3) is 108 Å². The van der Waals surface area contributed by atoms with Gasteiger partial charge in [0.1, 0.15) is 23.0 Å². The lowest BCUT2D eigenvalue weighted by atomic mass is 9.87. The van der Waals surface area contributed by atoms with Crippen LogP contribution >= 0.6 is 11.3 Å². The highest BCUT2D eigenvalue weighted by Crippen LogP contribution is 2.48. The number of hydrogen-bond donors (Lipinski definition) is 0. The fourth-order valence-corrected chi connectivity index (χ4v) is 9.76. The lowest BCUT2D eigenvalue weighted by Gasteiger charge is -2.16. The van der Waals surface area contributed by atoms with E-state index >= 15 is 0 Å². The summed E-state index contributed by atoms with van der Waals surface area (Å²) in [6.07, 6.45) is 0. The molecule has 0 atom stereocenters. The summed E-state index contributed by atoms with van der Waals surface area (Å²) in [6, 6.07) is 57.4. The Morgan fingerprint density at radius 3 is 1.13 bits per heavy atom. The van der Waals surface area contributed by atoms with E-state index in [1.54, 1.807) is 0 Å². The van der Waals surface area contributed by atoms with Crippen LogP contribution in [0.4, 0.5) is 0 Å². The van der Waals surface area contributed by atoms with Crippen molar-refractivity contribution >= 4 is 74.6 Å². The molecular formula is C50H32O2S. The minimum Gasteiger partial charge on any atom is -0.461 e. The molecular weight excluding hydrogens is 665 g/mol. The van der Waals surface area contributed by atoms with Gasteiger partial charge in [-0.05, 0) is 122 Å². The number of benzene rings is 8. The van der Waals surface area contributed by atoms with E-state index in [1.807, 2.05) is 25.2 Å². The van der Waals surface area contributed by atoms with Crippen molar-refractivity contribution in [2.75, 3.05) is 0 Å². The molecule has 0 saturated heterocycles. The Labute approximate surface area is 310 Å². The van der Waals surface area contributed by atoms with Gasteiger partial charge in [0, 0.05) is 31.3 Å². The molecule has 0 radical (unpaired) electrons. The van der Waals surface area contributed by atoms with E-state index in [2.05, 4.69) is 158 Å². The minimum absolute atomic E-state index is 0.905. The Balaban J connectivity index is 1.12. The largest absolute Gasteiger partial charge is 0.461 e. The topological polar surface area (TPSA) is 26.3 Å². The predicted octanol–water partition coefficient (Wildman–Crippen LogP) is 15.1. The summed E-state index contributed by atoms with van der Waals surface area (Å²) in [6.45, 7) is 4.02. The van der Waals surface area contributed by atoms with Crippen LogP contribution in [-0.4, -0.2) is 0 Å². The maximum atomic E-state index is 6.24. The van der Waals surface area contributed by atoms with E-state index in [4.69, 9.17) is 8.83 Å². The summed E-state index contributed by atoms with van der Waals surface area (Å²) < 4.78 is 15.0. The summed E-state index contributed by atoms with van der Waals surface area (Å²) in [5.41, 5.74) is 7.25. The van der Waals surface area contributed by atoms with Crippen molar-refractivity contribution in [3.63, 3.8) is 0 Å². The summed E-state index contributed by atoms with van der Waals surface area (Å²) >= 11 is 1.87. The first-order valence-electron chi connectivity index (χ1n) is 18.1. The van der Waals surface area contributed by atoms with Gasteiger partial charge in [-0.2, -0.15) is 0 Å². The SMILES string of the molecule is Cc1ccc(-c2c3ccccc3c(-c3ccc4c(c3)sc3ccc(-c5c6ccccc6c(-c6ccc(C)o6)c6ccccc56)cc34)c3ccccc23)o1. The predicted molar refractivity (Wildman–Crippen MR) is 225 cm³/mol. The second-order valence-corrected chi connectivity index (χ2v) is 15.1. The lowest BCUT2D eigenvalue weighted by Crippen LogP contribution is -1.90. The second-order valence-electron chi connectivity index (χ2n) is 14.0. The molecule has 0 saturated carbocycles. The van der Waals surface area contributed by atoms with E-state index in [1.165, 1.54) is 85.5 Å².